The maximum atomic E-state index is 3.98. The Balaban J connectivity index is 3.49. The topological polar surface area (TPSA) is 12.4 Å². The van der Waals surface area contributed by atoms with E-state index in [4.69, 9.17) is 0 Å². The Morgan fingerprint density at radius 1 is 1.00 bits per heavy atom. The van der Waals surface area contributed by atoms with E-state index in [0.717, 1.165) is 5.69 Å². The summed E-state index contributed by atoms with van der Waals surface area (Å²) in [5, 5.41) is 0. The Kier molecular flexibility index (Phi) is 2.32. The highest BCUT2D eigenvalue weighted by Gasteiger charge is 2.04. The summed E-state index contributed by atoms with van der Waals surface area (Å²) in [5.41, 5.74) is 6.24. The van der Waals surface area contributed by atoms with Gasteiger partial charge in [-0.1, -0.05) is 0 Å². The molecule has 0 saturated carbocycles. The van der Waals surface area contributed by atoms with Gasteiger partial charge in [-0.15, -0.1) is 0 Å². The molecule has 0 bridgehead atoms. The van der Waals surface area contributed by atoms with Gasteiger partial charge in [0.1, 0.15) is 0 Å². The predicted molar refractivity (Wildman–Crippen MR) is 54.6 cm³/mol. The average Bonchev–Trinajstić information content (AvgIpc) is 2.08. The van der Waals surface area contributed by atoms with Gasteiger partial charge in [0.15, 0.2) is 0 Å². The number of nitrogens with zero attached hydrogens (tertiary/aromatic N) is 1. The van der Waals surface area contributed by atoms with Crippen molar-refractivity contribution in [3.63, 3.8) is 0 Å². The van der Waals surface area contributed by atoms with Gasteiger partial charge in [-0.05, 0) is 62.7 Å². The van der Waals surface area contributed by atoms with E-state index in [1.165, 1.54) is 22.3 Å². The van der Waals surface area contributed by atoms with Gasteiger partial charge in [-0.3, -0.25) is 4.99 Å². The molecular formula is C11H15N. The van der Waals surface area contributed by atoms with E-state index >= 15 is 0 Å². The zero-order valence-corrected chi connectivity index (χ0v) is 8.23. The Morgan fingerprint density at radius 2 is 1.58 bits per heavy atom. The molecular weight excluding hydrogens is 146 g/mol. The van der Waals surface area contributed by atoms with Crippen molar-refractivity contribution in [3.8, 4) is 0 Å². The summed E-state index contributed by atoms with van der Waals surface area (Å²) in [4.78, 5) is 3.98. The van der Waals surface area contributed by atoms with Crippen LogP contribution in [0, 0.1) is 27.7 Å². The standard InChI is InChI=1S/C11H15N/c1-7-6-11(12-5)10(4)9(3)8(7)2/h6H,5H2,1-4H3. The summed E-state index contributed by atoms with van der Waals surface area (Å²) < 4.78 is 0. The first-order valence-corrected chi connectivity index (χ1v) is 4.12. The molecule has 0 heterocycles. The van der Waals surface area contributed by atoms with Crippen molar-refractivity contribution in [1.82, 2.24) is 0 Å². The van der Waals surface area contributed by atoms with Crippen LogP contribution in [0.25, 0.3) is 0 Å². The lowest BCUT2D eigenvalue weighted by molar-refractivity contribution is 1.21. The molecule has 0 radical (unpaired) electrons. The fourth-order valence-corrected chi connectivity index (χ4v) is 1.35. The number of benzene rings is 1. The summed E-state index contributed by atoms with van der Waals surface area (Å²) in [6.45, 7) is 12.0. The van der Waals surface area contributed by atoms with Crippen molar-refractivity contribution in [2.45, 2.75) is 27.7 Å². The van der Waals surface area contributed by atoms with Gasteiger partial charge in [-0.25, -0.2) is 0 Å². The molecule has 0 aliphatic heterocycles. The molecule has 0 spiro atoms. The minimum Gasteiger partial charge on any atom is -0.264 e. The third kappa shape index (κ3) is 1.27. The molecule has 1 heteroatoms. The first kappa shape index (κ1) is 8.98. The van der Waals surface area contributed by atoms with Crippen molar-refractivity contribution < 1.29 is 0 Å². The molecule has 0 fully saturated rings. The van der Waals surface area contributed by atoms with E-state index < -0.39 is 0 Å². The number of aliphatic imine (C=N–C) groups is 1. The van der Waals surface area contributed by atoms with Crippen LogP contribution in [-0.4, -0.2) is 6.72 Å². The van der Waals surface area contributed by atoms with Crippen LogP contribution in [0.15, 0.2) is 11.1 Å². The van der Waals surface area contributed by atoms with Crippen LogP contribution in [0.1, 0.15) is 22.3 Å². The Morgan fingerprint density at radius 3 is 2.08 bits per heavy atom. The fraction of sp³-hybridized carbons (Fsp3) is 0.364. The van der Waals surface area contributed by atoms with Gasteiger partial charge < -0.3 is 0 Å². The number of hydrogen-bond donors (Lipinski definition) is 0. The minimum absolute atomic E-state index is 1.01. The van der Waals surface area contributed by atoms with Crippen LogP contribution in [0.4, 0.5) is 5.69 Å². The molecule has 0 aromatic heterocycles. The first-order chi connectivity index (χ1) is 5.57. The van der Waals surface area contributed by atoms with Crippen molar-refractivity contribution in [2.24, 2.45) is 4.99 Å². The van der Waals surface area contributed by atoms with E-state index in [0.29, 0.717) is 0 Å². The lowest BCUT2D eigenvalue weighted by Crippen LogP contribution is -1.90. The molecule has 64 valence electrons. The van der Waals surface area contributed by atoms with Crippen LogP contribution in [-0.2, 0) is 0 Å². The monoisotopic (exact) mass is 161 g/mol. The highest BCUT2D eigenvalue weighted by atomic mass is 14.7. The molecule has 0 N–H and O–H groups in total. The number of rotatable bonds is 1. The van der Waals surface area contributed by atoms with Gasteiger partial charge in [0.25, 0.3) is 0 Å². The van der Waals surface area contributed by atoms with E-state index in [1.54, 1.807) is 0 Å². The lowest BCUT2D eigenvalue weighted by Gasteiger charge is -2.10. The molecule has 0 aliphatic carbocycles. The molecule has 12 heavy (non-hydrogen) atoms. The Bertz CT molecular complexity index is 324. The molecule has 0 unspecified atom stereocenters. The number of hydrogen-bond acceptors (Lipinski definition) is 1. The van der Waals surface area contributed by atoms with E-state index in [1.807, 2.05) is 0 Å². The summed E-state index contributed by atoms with van der Waals surface area (Å²) in [7, 11) is 0. The highest BCUT2D eigenvalue weighted by molar-refractivity contribution is 5.58. The quantitative estimate of drug-likeness (QED) is 0.561. The van der Waals surface area contributed by atoms with Crippen molar-refractivity contribution in [1.29, 1.82) is 0 Å². The SMILES string of the molecule is C=Nc1cc(C)c(C)c(C)c1C. The van der Waals surface area contributed by atoms with Gasteiger partial charge in [-0.2, -0.15) is 0 Å². The molecule has 1 aromatic carbocycles. The van der Waals surface area contributed by atoms with Crippen molar-refractivity contribution >= 4 is 12.4 Å². The van der Waals surface area contributed by atoms with Crippen LogP contribution in [0.5, 0.6) is 0 Å². The van der Waals surface area contributed by atoms with Crippen LogP contribution in [0.2, 0.25) is 0 Å². The van der Waals surface area contributed by atoms with E-state index in [9.17, 15) is 0 Å². The van der Waals surface area contributed by atoms with Gasteiger partial charge in [0.2, 0.25) is 0 Å². The molecule has 1 aromatic rings. The first-order valence-electron chi connectivity index (χ1n) is 4.12. The largest absolute Gasteiger partial charge is 0.264 e. The van der Waals surface area contributed by atoms with Crippen LogP contribution >= 0.6 is 0 Å². The number of aryl methyl sites for hydroxylation is 1. The van der Waals surface area contributed by atoms with Crippen LogP contribution in [0.3, 0.4) is 0 Å². The predicted octanol–water partition coefficient (Wildman–Crippen LogP) is 3.25. The molecule has 0 saturated heterocycles. The molecule has 0 amide bonds. The smallest absolute Gasteiger partial charge is 0.0657 e. The second-order valence-corrected chi connectivity index (χ2v) is 3.25. The second-order valence-electron chi connectivity index (χ2n) is 3.25. The fourth-order valence-electron chi connectivity index (χ4n) is 1.35. The zero-order chi connectivity index (χ0) is 9.30. The Hall–Kier alpha value is -1.11. The molecule has 0 atom stereocenters. The third-order valence-corrected chi connectivity index (χ3v) is 2.62. The summed E-state index contributed by atoms with van der Waals surface area (Å²) in [6.07, 6.45) is 0. The lowest BCUT2D eigenvalue weighted by atomic mass is 9.98. The molecule has 1 rings (SSSR count). The normalized spacial score (nSPS) is 10.0. The maximum Gasteiger partial charge on any atom is 0.0657 e. The third-order valence-electron chi connectivity index (χ3n) is 2.62. The van der Waals surface area contributed by atoms with E-state index in [2.05, 4.69) is 45.5 Å². The summed E-state index contributed by atoms with van der Waals surface area (Å²) in [6, 6.07) is 2.09. The van der Waals surface area contributed by atoms with Crippen molar-refractivity contribution in [2.75, 3.05) is 0 Å². The summed E-state index contributed by atoms with van der Waals surface area (Å²) >= 11 is 0. The highest BCUT2D eigenvalue weighted by Crippen LogP contribution is 2.26. The van der Waals surface area contributed by atoms with Crippen molar-refractivity contribution in [3.05, 3.63) is 28.3 Å². The van der Waals surface area contributed by atoms with Gasteiger partial charge in [0.05, 0.1) is 5.69 Å². The van der Waals surface area contributed by atoms with Crippen LogP contribution < -0.4 is 0 Å². The minimum atomic E-state index is 1.01. The average molecular weight is 161 g/mol. The van der Waals surface area contributed by atoms with Gasteiger partial charge in [0, 0.05) is 0 Å². The second kappa shape index (κ2) is 3.10. The Labute approximate surface area is 74.2 Å². The van der Waals surface area contributed by atoms with E-state index in [-0.39, 0.29) is 0 Å². The summed E-state index contributed by atoms with van der Waals surface area (Å²) in [5.74, 6) is 0. The molecule has 1 nitrogen and oxygen atoms in total. The van der Waals surface area contributed by atoms with Gasteiger partial charge >= 0.3 is 0 Å². The zero-order valence-electron chi connectivity index (χ0n) is 8.23. The maximum absolute atomic E-state index is 3.98. The molecule has 0 aliphatic rings.